The predicted octanol–water partition coefficient (Wildman–Crippen LogP) is 2.25. The van der Waals surface area contributed by atoms with E-state index in [1.54, 1.807) is 0 Å². The first kappa shape index (κ1) is 14.1. The molecule has 1 saturated carbocycles. The summed E-state index contributed by atoms with van der Waals surface area (Å²) >= 11 is 1.14. The van der Waals surface area contributed by atoms with Crippen LogP contribution in [0.25, 0.3) is 0 Å². The van der Waals surface area contributed by atoms with Gasteiger partial charge in [-0.15, -0.1) is 0 Å². The van der Waals surface area contributed by atoms with Crippen molar-refractivity contribution in [1.29, 1.82) is 0 Å². The monoisotopic (exact) mass is 307 g/mol. The number of alkyl halides is 3. The first-order valence-corrected chi connectivity index (χ1v) is 7.48. The van der Waals surface area contributed by atoms with Gasteiger partial charge in [-0.2, -0.15) is 13.2 Å². The minimum Gasteiger partial charge on any atom is -0.378 e. The van der Waals surface area contributed by atoms with E-state index in [4.69, 9.17) is 4.74 Å². The maximum absolute atomic E-state index is 13.0. The topological polar surface area (TPSA) is 37.4 Å². The summed E-state index contributed by atoms with van der Waals surface area (Å²) in [5.74, 6) is 0. The Balaban J connectivity index is 1.79. The molecule has 0 atom stereocenters. The average molecular weight is 307 g/mol. The Kier molecular flexibility index (Phi) is 3.87. The Bertz CT molecular complexity index is 467. The van der Waals surface area contributed by atoms with E-state index in [9.17, 15) is 13.2 Å². The molecule has 1 aromatic rings. The molecular weight excluding hydrogens is 291 g/mol. The van der Waals surface area contributed by atoms with E-state index in [-0.39, 0.29) is 11.4 Å². The molecule has 2 fully saturated rings. The Labute approximate surface area is 118 Å². The van der Waals surface area contributed by atoms with Crippen LogP contribution in [-0.2, 0) is 17.5 Å². The highest BCUT2D eigenvalue weighted by Gasteiger charge is 2.38. The quantitative estimate of drug-likeness (QED) is 0.926. The summed E-state index contributed by atoms with van der Waals surface area (Å²) in [4.78, 5) is 5.98. The van der Waals surface area contributed by atoms with Gasteiger partial charge in [-0.3, -0.25) is 0 Å². The number of anilines is 1. The molecule has 8 heteroatoms. The fourth-order valence-corrected chi connectivity index (χ4v) is 3.18. The maximum atomic E-state index is 13.0. The fourth-order valence-electron chi connectivity index (χ4n) is 2.10. The van der Waals surface area contributed by atoms with Crippen LogP contribution >= 0.6 is 11.3 Å². The zero-order valence-corrected chi connectivity index (χ0v) is 11.7. The molecule has 0 unspecified atom stereocenters. The lowest BCUT2D eigenvalue weighted by Gasteiger charge is -2.26. The minimum atomic E-state index is -4.39. The van der Waals surface area contributed by atoms with Crippen molar-refractivity contribution in [3.05, 3.63) is 10.6 Å². The van der Waals surface area contributed by atoms with Crippen molar-refractivity contribution in [3.63, 3.8) is 0 Å². The summed E-state index contributed by atoms with van der Waals surface area (Å²) in [5.41, 5.74) is -0.739. The van der Waals surface area contributed by atoms with E-state index in [1.807, 2.05) is 4.90 Å². The van der Waals surface area contributed by atoms with Gasteiger partial charge in [-0.05, 0) is 12.8 Å². The third kappa shape index (κ3) is 3.24. The zero-order valence-electron chi connectivity index (χ0n) is 10.9. The molecule has 0 amide bonds. The number of aromatic nitrogens is 1. The lowest BCUT2D eigenvalue weighted by molar-refractivity contribution is -0.141. The van der Waals surface area contributed by atoms with Crippen molar-refractivity contribution in [2.24, 2.45) is 0 Å². The van der Waals surface area contributed by atoms with E-state index in [0.29, 0.717) is 37.5 Å². The Morgan fingerprint density at radius 1 is 1.30 bits per heavy atom. The van der Waals surface area contributed by atoms with E-state index in [2.05, 4.69) is 10.3 Å². The molecule has 1 aromatic heterocycles. The van der Waals surface area contributed by atoms with Crippen molar-refractivity contribution in [2.45, 2.75) is 31.6 Å². The van der Waals surface area contributed by atoms with Gasteiger partial charge in [0.05, 0.1) is 18.1 Å². The second-order valence-corrected chi connectivity index (χ2v) is 6.08. The molecule has 2 heterocycles. The predicted molar refractivity (Wildman–Crippen MR) is 70.0 cm³/mol. The average Bonchev–Trinajstić information content (AvgIpc) is 3.14. The molecule has 0 aromatic carbocycles. The van der Waals surface area contributed by atoms with Gasteiger partial charge in [-0.25, -0.2) is 4.98 Å². The van der Waals surface area contributed by atoms with Crippen molar-refractivity contribution in [2.75, 3.05) is 31.2 Å². The summed E-state index contributed by atoms with van der Waals surface area (Å²) < 4.78 is 44.3. The standard InChI is InChI=1S/C12H16F3N3OS/c13-12(14,15)10-9(7-16-8-1-2-8)20-11(17-10)18-3-5-19-6-4-18/h8,16H,1-7H2. The molecule has 112 valence electrons. The Morgan fingerprint density at radius 3 is 2.60 bits per heavy atom. The molecule has 2 aliphatic rings. The van der Waals surface area contributed by atoms with Crippen LogP contribution in [0.4, 0.5) is 18.3 Å². The fraction of sp³-hybridized carbons (Fsp3) is 0.750. The summed E-state index contributed by atoms with van der Waals surface area (Å²) in [6.45, 7) is 2.52. The number of nitrogens with one attached hydrogen (secondary N) is 1. The van der Waals surface area contributed by atoms with Crippen molar-refractivity contribution in [3.8, 4) is 0 Å². The number of thiazole rings is 1. The van der Waals surface area contributed by atoms with E-state index in [1.165, 1.54) is 0 Å². The van der Waals surface area contributed by atoms with Crippen LogP contribution in [0.3, 0.4) is 0 Å². The smallest absolute Gasteiger partial charge is 0.378 e. The number of morpholine rings is 1. The van der Waals surface area contributed by atoms with E-state index < -0.39 is 11.9 Å². The third-order valence-corrected chi connectivity index (χ3v) is 4.48. The van der Waals surface area contributed by atoms with Crippen molar-refractivity contribution < 1.29 is 17.9 Å². The molecule has 1 aliphatic heterocycles. The second kappa shape index (κ2) is 5.50. The number of ether oxygens (including phenoxy) is 1. The van der Waals surface area contributed by atoms with Crippen LogP contribution in [0.15, 0.2) is 0 Å². The Hall–Kier alpha value is -0.860. The number of hydrogen-bond acceptors (Lipinski definition) is 5. The van der Waals surface area contributed by atoms with E-state index >= 15 is 0 Å². The van der Waals surface area contributed by atoms with Gasteiger partial charge >= 0.3 is 6.18 Å². The molecule has 1 aliphatic carbocycles. The molecule has 1 N–H and O–H groups in total. The highest BCUT2D eigenvalue weighted by atomic mass is 32.1. The molecule has 3 rings (SSSR count). The first-order chi connectivity index (χ1) is 9.54. The highest BCUT2D eigenvalue weighted by Crippen LogP contribution is 2.38. The largest absolute Gasteiger partial charge is 0.434 e. The number of halogens is 3. The van der Waals surface area contributed by atoms with Crippen molar-refractivity contribution in [1.82, 2.24) is 10.3 Å². The highest BCUT2D eigenvalue weighted by molar-refractivity contribution is 7.15. The zero-order chi connectivity index (χ0) is 14.2. The summed E-state index contributed by atoms with van der Waals surface area (Å²) in [6.07, 6.45) is -2.28. The molecular formula is C12H16F3N3OS. The maximum Gasteiger partial charge on any atom is 0.434 e. The molecule has 1 saturated heterocycles. The van der Waals surface area contributed by atoms with Gasteiger partial charge in [-0.1, -0.05) is 11.3 Å². The van der Waals surface area contributed by atoms with Crippen LogP contribution in [0.5, 0.6) is 0 Å². The van der Waals surface area contributed by atoms with Crippen LogP contribution in [0.2, 0.25) is 0 Å². The molecule has 0 bridgehead atoms. The first-order valence-electron chi connectivity index (χ1n) is 6.67. The van der Waals surface area contributed by atoms with Gasteiger partial charge in [0.2, 0.25) is 0 Å². The molecule has 0 radical (unpaired) electrons. The normalized spacial score (nSPS) is 20.4. The summed E-state index contributed by atoms with van der Waals surface area (Å²) in [5, 5.41) is 3.58. The summed E-state index contributed by atoms with van der Waals surface area (Å²) in [6, 6.07) is 0.380. The summed E-state index contributed by atoms with van der Waals surface area (Å²) in [7, 11) is 0. The minimum absolute atomic E-state index is 0.252. The van der Waals surface area contributed by atoms with Gasteiger partial charge in [0.15, 0.2) is 10.8 Å². The van der Waals surface area contributed by atoms with Crippen LogP contribution in [0.1, 0.15) is 23.4 Å². The van der Waals surface area contributed by atoms with Gasteiger partial charge < -0.3 is 15.0 Å². The van der Waals surface area contributed by atoms with Crippen molar-refractivity contribution >= 4 is 16.5 Å². The molecule has 20 heavy (non-hydrogen) atoms. The Morgan fingerprint density at radius 2 is 2.00 bits per heavy atom. The molecule has 4 nitrogen and oxygen atoms in total. The lowest BCUT2D eigenvalue weighted by atomic mass is 10.3. The lowest BCUT2D eigenvalue weighted by Crippen LogP contribution is -2.36. The van der Waals surface area contributed by atoms with Gasteiger partial charge in [0.25, 0.3) is 0 Å². The number of rotatable bonds is 4. The third-order valence-electron chi connectivity index (χ3n) is 3.36. The van der Waals surface area contributed by atoms with Gasteiger partial charge in [0.1, 0.15) is 0 Å². The van der Waals surface area contributed by atoms with Crippen LogP contribution in [-0.4, -0.2) is 37.3 Å². The number of hydrogen-bond donors (Lipinski definition) is 1. The van der Waals surface area contributed by atoms with Gasteiger partial charge in [0, 0.05) is 25.7 Å². The number of nitrogens with zero attached hydrogens (tertiary/aromatic N) is 2. The van der Waals surface area contributed by atoms with Crippen LogP contribution < -0.4 is 10.2 Å². The molecule has 0 spiro atoms. The second-order valence-electron chi connectivity index (χ2n) is 5.02. The van der Waals surface area contributed by atoms with Crippen LogP contribution in [0, 0.1) is 0 Å². The van der Waals surface area contributed by atoms with E-state index in [0.717, 1.165) is 24.2 Å². The SMILES string of the molecule is FC(F)(F)c1nc(N2CCOCC2)sc1CNC1CC1.